The molecule has 1 aliphatic carbocycles. The molecule has 1 fully saturated rings. The number of carbonyl (C=O) groups is 1. The molecule has 184 valence electrons. The van der Waals surface area contributed by atoms with Crippen LogP contribution in [-0.2, 0) is 27.8 Å². The van der Waals surface area contributed by atoms with Crippen molar-refractivity contribution in [2.75, 3.05) is 12.3 Å². The normalized spacial score (nSPS) is 18.5. The van der Waals surface area contributed by atoms with Crippen LogP contribution in [0.3, 0.4) is 0 Å². The lowest BCUT2D eigenvalue weighted by atomic mass is 9.80. The van der Waals surface area contributed by atoms with Crippen molar-refractivity contribution in [3.05, 3.63) is 57.6 Å². The number of aliphatic carboxylic acids is 1. The smallest absolute Gasteiger partial charge is 0.337 e. The minimum atomic E-state index is -3.39. The molecular formula is C27H35NO5S. The third-order valence-electron chi connectivity index (χ3n) is 7.68. The Labute approximate surface area is 202 Å². The van der Waals surface area contributed by atoms with E-state index in [-0.39, 0.29) is 11.7 Å². The van der Waals surface area contributed by atoms with E-state index in [4.69, 9.17) is 0 Å². The van der Waals surface area contributed by atoms with Crippen LogP contribution in [0.15, 0.2) is 24.3 Å². The second-order valence-corrected chi connectivity index (χ2v) is 12.0. The van der Waals surface area contributed by atoms with Gasteiger partial charge in [0.1, 0.15) is 0 Å². The molecule has 0 aromatic heterocycles. The van der Waals surface area contributed by atoms with E-state index < -0.39 is 22.1 Å². The molecule has 0 amide bonds. The molecule has 2 aromatic carbocycles. The zero-order chi connectivity index (χ0) is 24.6. The largest absolute Gasteiger partial charge is 0.479 e. The van der Waals surface area contributed by atoms with Gasteiger partial charge in [0.25, 0.3) is 0 Å². The molecule has 0 radical (unpaired) electrons. The summed E-state index contributed by atoms with van der Waals surface area (Å²) in [6.07, 6.45) is 4.24. The summed E-state index contributed by atoms with van der Waals surface area (Å²) in [7, 11) is -3.39. The zero-order valence-corrected chi connectivity index (χ0v) is 21.1. The lowest BCUT2D eigenvalue weighted by molar-refractivity contribution is -0.146. The number of carboxylic acids is 1. The molecular weight excluding hydrogens is 450 g/mol. The summed E-state index contributed by atoms with van der Waals surface area (Å²) in [5.74, 6) is -0.844. The number of hydrogen-bond donors (Lipinski definition) is 2. The van der Waals surface area contributed by atoms with Gasteiger partial charge in [0.2, 0.25) is 10.0 Å². The molecule has 2 aromatic rings. The molecule has 1 heterocycles. The predicted molar refractivity (Wildman–Crippen MR) is 133 cm³/mol. The maximum Gasteiger partial charge on any atom is 0.337 e. The van der Waals surface area contributed by atoms with Crippen molar-refractivity contribution >= 4 is 16.0 Å². The van der Waals surface area contributed by atoms with E-state index in [1.54, 1.807) is 4.31 Å². The van der Waals surface area contributed by atoms with Crippen molar-refractivity contribution in [3.63, 3.8) is 0 Å². The quantitative estimate of drug-likeness (QED) is 0.620. The molecule has 1 aliphatic heterocycles. The minimum absolute atomic E-state index is 0.209. The standard InChI is InChI=1S/C27H35NO5S/c1-17-9-11-21(12-10-17)24-19(3)23-15-28(34(32,33)16-20-7-5-4-6-8-20)14-13-22(23)18(2)25(24)26(29)27(30)31/h9-12,20,26,29H,4-8,13-16H2,1-3H3,(H,30,31)/t26-/m0/s1. The summed E-state index contributed by atoms with van der Waals surface area (Å²) >= 11 is 0. The van der Waals surface area contributed by atoms with E-state index in [0.717, 1.165) is 59.1 Å². The van der Waals surface area contributed by atoms with Gasteiger partial charge in [-0.3, -0.25) is 0 Å². The highest BCUT2D eigenvalue weighted by molar-refractivity contribution is 7.89. The molecule has 1 saturated carbocycles. The van der Waals surface area contributed by atoms with Crippen molar-refractivity contribution in [1.29, 1.82) is 0 Å². The summed E-state index contributed by atoms with van der Waals surface area (Å²) < 4.78 is 28.3. The van der Waals surface area contributed by atoms with Crippen molar-refractivity contribution in [1.82, 2.24) is 4.31 Å². The molecule has 1 atom stereocenters. The van der Waals surface area contributed by atoms with Gasteiger partial charge in [-0.15, -0.1) is 0 Å². The highest BCUT2D eigenvalue weighted by Gasteiger charge is 2.34. The highest BCUT2D eigenvalue weighted by Crippen LogP contribution is 2.41. The Hall–Kier alpha value is -2.22. The van der Waals surface area contributed by atoms with Gasteiger partial charge in [0.15, 0.2) is 6.10 Å². The lowest BCUT2D eigenvalue weighted by Gasteiger charge is -2.34. The van der Waals surface area contributed by atoms with Crippen molar-refractivity contribution < 1.29 is 23.4 Å². The van der Waals surface area contributed by atoms with Gasteiger partial charge in [-0.05, 0) is 79.3 Å². The molecule has 7 heteroatoms. The van der Waals surface area contributed by atoms with Crippen LogP contribution in [0.1, 0.15) is 71.6 Å². The van der Waals surface area contributed by atoms with Crippen molar-refractivity contribution in [2.45, 2.75) is 71.9 Å². The van der Waals surface area contributed by atoms with Crippen LogP contribution < -0.4 is 0 Å². The fraction of sp³-hybridized carbons (Fsp3) is 0.519. The number of rotatable bonds is 6. The fourth-order valence-corrected chi connectivity index (χ4v) is 7.59. The van der Waals surface area contributed by atoms with E-state index in [0.29, 0.717) is 30.6 Å². The first-order chi connectivity index (χ1) is 16.1. The average Bonchev–Trinajstić information content (AvgIpc) is 2.81. The Bertz CT molecular complexity index is 1180. The van der Waals surface area contributed by atoms with Crippen LogP contribution >= 0.6 is 0 Å². The summed E-state index contributed by atoms with van der Waals surface area (Å²) in [5, 5.41) is 20.3. The Morgan fingerprint density at radius 3 is 2.29 bits per heavy atom. The van der Waals surface area contributed by atoms with Gasteiger partial charge in [-0.1, -0.05) is 49.1 Å². The number of benzene rings is 2. The first-order valence-electron chi connectivity index (χ1n) is 12.2. The number of aliphatic hydroxyl groups excluding tert-OH is 1. The third kappa shape index (κ3) is 4.79. The van der Waals surface area contributed by atoms with Crippen LogP contribution in [0.2, 0.25) is 0 Å². The predicted octanol–water partition coefficient (Wildman–Crippen LogP) is 4.67. The van der Waals surface area contributed by atoms with Crippen LogP contribution in [0.4, 0.5) is 0 Å². The second kappa shape index (κ2) is 9.80. The number of hydrogen-bond acceptors (Lipinski definition) is 4. The minimum Gasteiger partial charge on any atom is -0.479 e. The Kier molecular flexibility index (Phi) is 7.17. The molecule has 0 saturated heterocycles. The first-order valence-corrected chi connectivity index (χ1v) is 13.8. The van der Waals surface area contributed by atoms with Gasteiger partial charge in [-0.2, -0.15) is 4.31 Å². The fourth-order valence-electron chi connectivity index (χ4n) is 5.75. The molecule has 0 spiro atoms. The van der Waals surface area contributed by atoms with Crippen molar-refractivity contribution in [3.8, 4) is 11.1 Å². The molecule has 2 aliphatic rings. The number of nitrogens with zero attached hydrogens (tertiary/aromatic N) is 1. The van der Waals surface area contributed by atoms with Gasteiger partial charge >= 0.3 is 5.97 Å². The van der Waals surface area contributed by atoms with Gasteiger partial charge in [-0.25, -0.2) is 13.2 Å². The van der Waals surface area contributed by atoms with Crippen LogP contribution in [0, 0.1) is 26.7 Å². The van der Waals surface area contributed by atoms with E-state index >= 15 is 0 Å². The number of sulfonamides is 1. The van der Waals surface area contributed by atoms with E-state index in [1.807, 2.05) is 45.0 Å². The summed E-state index contributed by atoms with van der Waals surface area (Å²) in [4.78, 5) is 11.8. The summed E-state index contributed by atoms with van der Waals surface area (Å²) in [6.45, 7) is 6.43. The van der Waals surface area contributed by atoms with Crippen LogP contribution in [0.5, 0.6) is 0 Å². The SMILES string of the molecule is Cc1ccc(-c2c(C)c3c(c(C)c2[C@H](O)C(=O)O)CCN(S(=O)(=O)CC2CCCCC2)C3)cc1. The van der Waals surface area contributed by atoms with E-state index in [2.05, 4.69) is 0 Å². The van der Waals surface area contributed by atoms with Crippen LogP contribution in [-0.4, -0.2) is 41.2 Å². The van der Waals surface area contributed by atoms with Crippen LogP contribution in [0.25, 0.3) is 11.1 Å². The highest BCUT2D eigenvalue weighted by atomic mass is 32.2. The number of aryl methyl sites for hydroxylation is 1. The topological polar surface area (TPSA) is 94.9 Å². The van der Waals surface area contributed by atoms with Crippen molar-refractivity contribution in [2.24, 2.45) is 5.92 Å². The van der Waals surface area contributed by atoms with Gasteiger partial charge in [0, 0.05) is 18.7 Å². The summed E-state index contributed by atoms with van der Waals surface area (Å²) in [5.41, 5.74) is 6.50. The Balaban J connectivity index is 1.78. The number of carboxylic acid groups (broad SMARTS) is 1. The molecule has 2 N–H and O–H groups in total. The van der Waals surface area contributed by atoms with E-state index in [1.165, 1.54) is 6.42 Å². The number of fused-ring (bicyclic) bond motifs is 1. The Morgan fingerprint density at radius 2 is 1.68 bits per heavy atom. The molecule has 0 unspecified atom stereocenters. The molecule has 6 nitrogen and oxygen atoms in total. The maximum atomic E-state index is 13.3. The molecule has 4 rings (SSSR count). The third-order valence-corrected chi connectivity index (χ3v) is 9.67. The molecule has 34 heavy (non-hydrogen) atoms. The second-order valence-electron chi connectivity index (χ2n) is 9.97. The summed E-state index contributed by atoms with van der Waals surface area (Å²) in [6, 6.07) is 7.78. The monoisotopic (exact) mass is 485 g/mol. The zero-order valence-electron chi connectivity index (χ0n) is 20.3. The van der Waals surface area contributed by atoms with E-state index in [9.17, 15) is 23.4 Å². The number of aliphatic hydroxyl groups is 1. The van der Waals surface area contributed by atoms with Gasteiger partial charge < -0.3 is 10.2 Å². The average molecular weight is 486 g/mol. The lowest BCUT2D eigenvalue weighted by Crippen LogP contribution is -2.40. The Morgan fingerprint density at radius 1 is 1.03 bits per heavy atom. The maximum absolute atomic E-state index is 13.3. The molecule has 0 bridgehead atoms. The van der Waals surface area contributed by atoms with Gasteiger partial charge in [0.05, 0.1) is 5.75 Å². The first kappa shape index (κ1) is 24.9.